The fourth-order valence-electron chi connectivity index (χ4n) is 4.90. The number of hydrogen-bond acceptors (Lipinski definition) is 5. The van der Waals surface area contributed by atoms with Crippen LogP contribution in [0.3, 0.4) is 0 Å². The largest absolute Gasteiger partial charge is 0.493 e. The summed E-state index contributed by atoms with van der Waals surface area (Å²) in [6.45, 7) is 0.630. The molecule has 152 valence electrons. The van der Waals surface area contributed by atoms with Crippen LogP contribution in [0, 0.1) is 29.1 Å². The first-order chi connectivity index (χ1) is 13.5. The molecule has 5 nitrogen and oxygen atoms in total. The number of aliphatic carboxylic acids is 1. The van der Waals surface area contributed by atoms with E-state index in [0.717, 1.165) is 37.0 Å². The molecule has 0 radical (unpaired) electrons. The maximum Gasteiger partial charge on any atom is 0.306 e. The van der Waals surface area contributed by atoms with Gasteiger partial charge in [0.1, 0.15) is 0 Å². The number of nitriles is 1. The van der Waals surface area contributed by atoms with Crippen molar-refractivity contribution in [1.29, 1.82) is 5.26 Å². The molecule has 0 aliphatic heterocycles. The molecule has 2 atom stereocenters. The summed E-state index contributed by atoms with van der Waals surface area (Å²) in [5.41, 5.74) is 0.415. The van der Waals surface area contributed by atoms with Crippen LogP contribution in [0.2, 0.25) is 0 Å². The van der Waals surface area contributed by atoms with Crippen LogP contribution in [0.15, 0.2) is 18.2 Å². The fraction of sp³-hybridized carbons (Fsp3) is 0.636. The molecule has 0 spiro atoms. The van der Waals surface area contributed by atoms with Crippen molar-refractivity contribution >= 4 is 17.7 Å². The topological polar surface area (TPSA) is 79.5 Å². The Morgan fingerprint density at radius 2 is 2.00 bits per heavy atom. The zero-order chi connectivity index (χ0) is 20.1. The predicted octanol–water partition coefficient (Wildman–Crippen LogP) is 4.50. The van der Waals surface area contributed by atoms with Gasteiger partial charge in [-0.3, -0.25) is 4.79 Å². The monoisotopic (exact) mass is 403 g/mol. The summed E-state index contributed by atoms with van der Waals surface area (Å²) < 4.78 is 11.4. The highest BCUT2D eigenvalue weighted by molar-refractivity contribution is 7.98. The minimum Gasteiger partial charge on any atom is -0.493 e. The van der Waals surface area contributed by atoms with E-state index >= 15 is 0 Å². The number of ether oxygens (including phenoxy) is 2. The fourth-order valence-corrected chi connectivity index (χ4v) is 5.39. The molecule has 6 heteroatoms. The SMILES string of the molecule is COc1ccc(C2(C#N)CC3CC(C(=O)O)CC3C2)cc1OCCCCSC. The molecule has 1 N–H and O–H groups in total. The van der Waals surface area contributed by atoms with Gasteiger partial charge in [0.2, 0.25) is 0 Å². The highest BCUT2D eigenvalue weighted by Gasteiger charge is 2.52. The minimum atomic E-state index is -0.696. The number of carboxylic acid groups (broad SMARTS) is 1. The number of hydrogen-bond donors (Lipinski definition) is 1. The molecule has 2 aliphatic carbocycles. The van der Waals surface area contributed by atoms with Crippen LogP contribution in [0.5, 0.6) is 11.5 Å². The van der Waals surface area contributed by atoms with Crippen LogP contribution in [0.1, 0.15) is 44.1 Å². The van der Waals surface area contributed by atoms with Gasteiger partial charge in [0, 0.05) is 0 Å². The molecule has 2 fully saturated rings. The number of carbonyl (C=O) groups is 1. The normalized spacial score (nSPS) is 28.5. The lowest BCUT2D eigenvalue weighted by atomic mass is 9.77. The van der Waals surface area contributed by atoms with Gasteiger partial charge < -0.3 is 14.6 Å². The molecular weight excluding hydrogens is 374 g/mol. The Balaban J connectivity index is 1.74. The van der Waals surface area contributed by atoms with Crippen molar-refractivity contribution < 1.29 is 19.4 Å². The van der Waals surface area contributed by atoms with Crippen LogP contribution < -0.4 is 9.47 Å². The summed E-state index contributed by atoms with van der Waals surface area (Å²) in [6, 6.07) is 8.39. The first-order valence-corrected chi connectivity index (χ1v) is 11.4. The molecule has 1 aromatic carbocycles. The maximum absolute atomic E-state index is 11.3. The smallest absolute Gasteiger partial charge is 0.306 e. The molecule has 0 heterocycles. The Kier molecular flexibility index (Phi) is 6.77. The lowest BCUT2D eigenvalue weighted by molar-refractivity contribution is -0.141. The van der Waals surface area contributed by atoms with Crippen molar-refractivity contribution in [3.05, 3.63) is 23.8 Å². The molecule has 2 saturated carbocycles. The van der Waals surface area contributed by atoms with Crippen LogP contribution >= 0.6 is 11.8 Å². The first-order valence-electron chi connectivity index (χ1n) is 9.97. The molecule has 3 rings (SSSR count). The van der Waals surface area contributed by atoms with Crippen molar-refractivity contribution in [1.82, 2.24) is 0 Å². The molecule has 0 saturated heterocycles. The van der Waals surface area contributed by atoms with E-state index < -0.39 is 11.4 Å². The Morgan fingerprint density at radius 1 is 1.29 bits per heavy atom. The van der Waals surface area contributed by atoms with Gasteiger partial charge in [-0.05, 0) is 80.1 Å². The molecular formula is C22H29NO4S. The average molecular weight is 404 g/mol. The Hall–Kier alpha value is -1.87. The second kappa shape index (κ2) is 9.09. The van der Waals surface area contributed by atoms with Crippen LogP contribution in [0.25, 0.3) is 0 Å². The number of benzene rings is 1. The zero-order valence-electron chi connectivity index (χ0n) is 16.6. The van der Waals surface area contributed by atoms with E-state index in [1.807, 2.05) is 30.0 Å². The Morgan fingerprint density at radius 3 is 2.57 bits per heavy atom. The number of methoxy groups -OCH3 is 1. The highest BCUT2D eigenvalue weighted by Crippen LogP contribution is 2.56. The molecule has 2 aliphatic rings. The summed E-state index contributed by atoms with van der Waals surface area (Å²) in [4.78, 5) is 11.3. The van der Waals surface area contributed by atoms with Crippen molar-refractivity contribution in [3.8, 4) is 17.6 Å². The standard InChI is InChI=1S/C22H29NO4S/c1-26-19-6-5-18(11-20(19)27-7-3-4-8-28-2)22(14-23)12-16-9-15(21(24)25)10-17(16)13-22/h5-6,11,15-17H,3-4,7-10,12-13H2,1-2H3,(H,24,25). The summed E-state index contributed by atoms with van der Waals surface area (Å²) in [7, 11) is 1.63. The maximum atomic E-state index is 11.3. The van der Waals surface area contributed by atoms with Crippen molar-refractivity contribution in [2.45, 2.75) is 43.9 Å². The molecule has 0 aromatic heterocycles. The van der Waals surface area contributed by atoms with E-state index in [1.165, 1.54) is 0 Å². The lowest BCUT2D eigenvalue weighted by Crippen LogP contribution is -2.23. The number of rotatable bonds is 9. The van der Waals surface area contributed by atoms with Gasteiger partial charge in [0.05, 0.1) is 31.1 Å². The van der Waals surface area contributed by atoms with E-state index in [1.54, 1.807) is 7.11 Å². The van der Waals surface area contributed by atoms with Crippen molar-refractivity contribution in [3.63, 3.8) is 0 Å². The Labute approximate surface area is 171 Å². The molecule has 28 heavy (non-hydrogen) atoms. The van der Waals surface area contributed by atoms with Gasteiger partial charge in [-0.25, -0.2) is 0 Å². The zero-order valence-corrected chi connectivity index (χ0v) is 17.5. The van der Waals surface area contributed by atoms with E-state index in [4.69, 9.17) is 9.47 Å². The number of fused-ring (bicyclic) bond motifs is 1. The molecule has 0 bridgehead atoms. The minimum absolute atomic E-state index is 0.247. The molecule has 0 amide bonds. The second-order valence-corrected chi connectivity index (χ2v) is 9.03. The molecule has 1 aromatic rings. The number of carboxylic acids is 1. The third kappa shape index (κ3) is 4.25. The third-order valence-electron chi connectivity index (χ3n) is 6.34. The lowest BCUT2D eigenvalue weighted by Gasteiger charge is -2.24. The third-order valence-corrected chi connectivity index (χ3v) is 7.04. The van der Waals surface area contributed by atoms with Gasteiger partial charge >= 0.3 is 5.97 Å². The van der Waals surface area contributed by atoms with Crippen LogP contribution in [-0.4, -0.2) is 36.8 Å². The first kappa shape index (κ1) is 20.9. The van der Waals surface area contributed by atoms with Crippen LogP contribution in [0.4, 0.5) is 0 Å². The van der Waals surface area contributed by atoms with Gasteiger partial charge in [-0.15, -0.1) is 0 Å². The van der Waals surface area contributed by atoms with Crippen molar-refractivity contribution in [2.75, 3.05) is 25.7 Å². The average Bonchev–Trinajstić information content (AvgIpc) is 3.24. The number of nitrogens with zero attached hydrogens (tertiary/aromatic N) is 1. The second-order valence-electron chi connectivity index (χ2n) is 8.04. The summed E-state index contributed by atoms with van der Waals surface area (Å²) >= 11 is 1.83. The number of unbranched alkanes of at least 4 members (excludes halogenated alkanes) is 1. The van der Waals surface area contributed by atoms with Gasteiger partial charge in [0.25, 0.3) is 0 Å². The summed E-state index contributed by atoms with van der Waals surface area (Å²) in [5.74, 6) is 2.20. The van der Waals surface area contributed by atoms with Gasteiger partial charge in [-0.1, -0.05) is 6.07 Å². The molecule has 2 unspecified atom stereocenters. The summed E-state index contributed by atoms with van der Waals surface area (Å²) in [5, 5.41) is 19.4. The van der Waals surface area contributed by atoms with E-state index in [9.17, 15) is 15.2 Å². The van der Waals surface area contributed by atoms with E-state index in [2.05, 4.69) is 12.3 Å². The number of thioether (sulfide) groups is 1. The Bertz CT molecular complexity index is 731. The van der Waals surface area contributed by atoms with E-state index in [0.29, 0.717) is 42.8 Å². The predicted molar refractivity (Wildman–Crippen MR) is 110 cm³/mol. The van der Waals surface area contributed by atoms with E-state index in [-0.39, 0.29) is 5.92 Å². The van der Waals surface area contributed by atoms with Crippen molar-refractivity contribution in [2.24, 2.45) is 17.8 Å². The van der Waals surface area contributed by atoms with Gasteiger partial charge in [0.15, 0.2) is 11.5 Å². The highest BCUT2D eigenvalue weighted by atomic mass is 32.2. The summed E-state index contributed by atoms with van der Waals surface area (Å²) in [6.07, 6.45) is 7.05. The van der Waals surface area contributed by atoms with Crippen LogP contribution in [-0.2, 0) is 10.2 Å². The quantitative estimate of drug-likeness (QED) is 0.612. The van der Waals surface area contributed by atoms with Gasteiger partial charge in [-0.2, -0.15) is 17.0 Å².